The number of ketones is 1. The summed E-state index contributed by atoms with van der Waals surface area (Å²) < 4.78 is 0. The van der Waals surface area contributed by atoms with Crippen molar-refractivity contribution in [2.75, 3.05) is 5.32 Å². The second-order valence-electron chi connectivity index (χ2n) is 3.05. The third-order valence-corrected chi connectivity index (χ3v) is 2.62. The van der Waals surface area contributed by atoms with Gasteiger partial charge in [-0.3, -0.25) is 4.79 Å². The van der Waals surface area contributed by atoms with Crippen molar-refractivity contribution in [1.29, 1.82) is 0 Å². The molecule has 13 heavy (non-hydrogen) atoms. The van der Waals surface area contributed by atoms with Crippen LogP contribution in [0.1, 0.15) is 37.7 Å². The number of thiazole rings is 1. The lowest BCUT2D eigenvalue weighted by Gasteiger charge is -2.08. The standard InChI is InChI=1S/C9H14N2OS/c1-4-6(2)10-9-11-8(5-13-9)7(3)12/h5-6H,4H2,1-3H3,(H,10,11). The first-order valence-corrected chi connectivity index (χ1v) is 5.24. The lowest BCUT2D eigenvalue weighted by Crippen LogP contribution is -2.13. The van der Waals surface area contributed by atoms with Gasteiger partial charge in [0.15, 0.2) is 10.9 Å². The maximum Gasteiger partial charge on any atom is 0.183 e. The van der Waals surface area contributed by atoms with Gasteiger partial charge in [0.2, 0.25) is 0 Å². The predicted molar refractivity (Wildman–Crippen MR) is 55.5 cm³/mol. The molecule has 0 saturated heterocycles. The fourth-order valence-electron chi connectivity index (χ4n) is 0.815. The molecule has 1 aromatic rings. The highest BCUT2D eigenvalue weighted by Gasteiger charge is 2.06. The van der Waals surface area contributed by atoms with Crippen molar-refractivity contribution in [2.24, 2.45) is 0 Å². The maximum absolute atomic E-state index is 10.9. The van der Waals surface area contributed by atoms with Crippen molar-refractivity contribution < 1.29 is 4.79 Å². The second-order valence-corrected chi connectivity index (χ2v) is 3.91. The molecule has 0 aliphatic rings. The van der Waals surface area contributed by atoms with Crippen molar-refractivity contribution >= 4 is 22.3 Å². The number of hydrogen-bond acceptors (Lipinski definition) is 4. The number of Topliss-reactive ketones (excluding diaryl/α,β-unsaturated/α-hetero) is 1. The van der Waals surface area contributed by atoms with E-state index in [1.165, 1.54) is 18.3 Å². The number of rotatable bonds is 4. The summed E-state index contributed by atoms with van der Waals surface area (Å²) in [7, 11) is 0. The number of nitrogens with one attached hydrogen (secondary N) is 1. The molecule has 72 valence electrons. The Morgan fingerprint density at radius 1 is 1.77 bits per heavy atom. The third kappa shape index (κ3) is 2.81. The van der Waals surface area contributed by atoms with Crippen LogP contribution in [0.4, 0.5) is 5.13 Å². The van der Waals surface area contributed by atoms with Crippen molar-refractivity contribution in [3.8, 4) is 0 Å². The zero-order valence-electron chi connectivity index (χ0n) is 8.13. The van der Waals surface area contributed by atoms with Crippen molar-refractivity contribution in [3.63, 3.8) is 0 Å². The monoisotopic (exact) mass is 198 g/mol. The van der Waals surface area contributed by atoms with Crippen LogP contribution in [0.25, 0.3) is 0 Å². The maximum atomic E-state index is 10.9. The Morgan fingerprint density at radius 3 is 2.92 bits per heavy atom. The molecule has 0 spiro atoms. The molecule has 0 radical (unpaired) electrons. The molecular weight excluding hydrogens is 184 g/mol. The smallest absolute Gasteiger partial charge is 0.183 e. The first-order chi connectivity index (χ1) is 6.13. The topological polar surface area (TPSA) is 42.0 Å². The SMILES string of the molecule is CCC(C)Nc1nc(C(C)=O)cs1. The van der Waals surface area contributed by atoms with Crippen molar-refractivity contribution in [1.82, 2.24) is 4.98 Å². The summed E-state index contributed by atoms with van der Waals surface area (Å²) in [4.78, 5) is 15.1. The van der Waals surface area contributed by atoms with Crippen LogP contribution in [0.5, 0.6) is 0 Å². The Morgan fingerprint density at radius 2 is 2.46 bits per heavy atom. The van der Waals surface area contributed by atoms with Crippen molar-refractivity contribution in [2.45, 2.75) is 33.2 Å². The minimum Gasteiger partial charge on any atom is -0.359 e. The fourth-order valence-corrected chi connectivity index (χ4v) is 1.68. The summed E-state index contributed by atoms with van der Waals surface area (Å²) in [5.41, 5.74) is 0.552. The van der Waals surface area contributed by atoms with Gasteiger partial charge in [0.05, 0.1) is 0 Å². The molecule has 0 aliphatic carbocycles. The van der Waals surface area contributed by atoms with E-state index in [0.717, 1.165) is 11.6 Å². The van der Waals surface area contributed by atoms with Crippen LogP contribution in [-0.4, -0.2) is 16.8 Å². The van der Waals surface area contributed by atoms with Gasteiger partial charge in [0.25, 0.3) is 0 Å². The van der Waals surface area contributed by atoms with E-state index in [1.54, 1.807) is 5.38 Å². The summed E-state index contributed by atoms with van der Waals surface area (Å²) in [5, 5.41) is 5.84. The molecule has 0 saturated carbocycles. The molecule has 0 aromatic carbocycles. The number of carbonyl (C=O) groups excluding carboxylic acids is 1. The molecule has 4 heteroatoms. The summed E-state index contributed by atoms with van der Waals surface area (Å²) in [6, 6.07) is 0.408. The van der Waals surface area contributed by atoms with Crippen LogP contribution in [0, 0.1) is 0 Å². The van der Waals surface area contributed by atoms with E-state index in [2.05, 4.69) is 24.1 Å². The highest BCUT2D eigenvalue weighted by molar-refractivity contribution is 7.13. The van der Waals surface area contributed by atoms with Crippen LogP contribution in [0.2, 0.25) is 0 Å². The van der Waals surface area contributed by atoms with E-state index in [0.29, 0.717) is 11.7 Å². The number of carbonyl (C=O) groups is 1. The van der Waals surface area contributed by atoms with Gasteiger partial charge in [-0.05, 0) is 13.3 Å². The van der Waals surface area contributed by atoms with Gasteiger partial charge < -0.3 is 5.32 Å². The van der Waals surface area contributed by atoms with E-state index < -0.39 is 0 Å². The molecule has 1 aromatic heterocycles. The van der Waals surface area contributed by atoms with Crippen LogP contribution < -0.4 is 5.32 Å². The highest BCUT2D eigenvalue weighted by Crippen LogP contribution is 2.16. The molecular formula is C9H14N2OS. The van der Waals surface area contributed by atoms with Gasteiger partial charge in [0.1, 0.15) is 5.69 Å². The third-order valence-electron chi connectivity index (χ3n) is 1.85. The molecule has 0 aliphatic heterocycles. The Labute approximate surface area is 82.2 Å². The number of aromatic nitrogens is 1. The van der Waals surface area contributed by atoms with E-state index in [9.17, 15) is 4.79 Å². The largest absolute Gasteiger partial charge is 0.359 e. The molecule has 1 N–H and O–H groups in total. The van der Waals surface area contributed by atoms with Crippen LogP contribution in [0.15, 0.2) is 5.38 Å². The minimum atomic E-state index is 0.0217. The molecule has 0 bridgehead atoms. The van der Waals surface area contributed by atoms with Gasteiger partial charge >= 0.3 is 0 Å². The zero-order chi connectivity index (χ0) is 9.84. The lowest BCUT2D eigenvalue weighted by atomic mass is 10.3. The average Bonchev–Trinajstić information content (AvgIpc) is 2.52. The second kappa shape index (κ2) is 4.37. The molecule has 3 nitrogen and oxygen atoms in total. The molecule has 1 atom stereocenters. The van der Waals surface area contributed by atoms with E-state index in [1.807, 2.05) is 0 Å². The summed E-state index contributed by atoms with van der Waals surface area (Å²) in [5.74, 6) is 0.0217. The highest BCUT2D eigenvalue weighted by atomic mass is 32.1. The lowest BCUT2D eigenvalue weighted by molar-refractivity contribution is 0.101. The first kappa shape index (κ1) is 10.2. The number of nitrogens with zero attached hydrogens (tertiary/aromatic N) is 1. The van der Waals surface area contributed by atoms with Gasteiger partial charge in [0, 0.05) is 18.3 Å². The molecule has 0 fully saturated rings. The quantitative estimate of drug-likeness (QED) is 0.756. The minimum absolute atomic E-state index is 0.0217. The summed E-state index contributed by atoms with van der Waals surface area (Å²) >= 11 is 1.48. The average molecular weight is 198 g/mol. The Balaban J connectivity index is 2.64. The Hall–Kier alpha value is -0.900. The first-order valence-electron chi connectivity index (χ1n) is 4.36. The summed E-state index contributed by atoms with van der Waals surface area (Å²) in [6.45, 7) is 5.73. The van der Waals surface area contributed by atoms with Crippen LogP contribution in [0.3, 0.4) is 0 Å². The van der Waals surface area contributed by atoms with Crippen molar-refractivity contribution in [3.05, 3.63) is 11.1 Å². The zero-order valence-corrected chi connectivity index (χ0v) is 8.94. The normalized spacial score (nSPS) is 12.5. The van der Waals surface area contributed by atoms with E-state index in [4.69, 9.17) is 0 Å². The number of hydrogen-bond donors (Lipinski definition) is 1. The number of anilines is 1. The van der Waals surface area contributed by atoms with E-state index in [-0.39, 0.29) is 5.78 Å². The molecule has 0 amide bonds. The van der Waals surface area contributed by atoms with Crippen LogP contribution >= 0.6 is 11.3 Å². The van der Waals surface area contributed by atoms with E-state index >= 15 is 0 Å². The summed E-state index contributed by atoms with van der Waals surface area (Å²) in [6.07, 6.45) is 1.05. The Kier molecular flexibility index (Phi) is 3.42. The predicted octanol–water partition coefficient (Wildman–Crippen LogP) is 2.56. The Bertz CT molecular complexity index is 296. The van der Waals surface area contributed by atoms with Gasteiger partial charge in [-0.2, -0.15) is 0 Å². The van der Waals surface area contributed by atoms with Gasteiger partial charge in [-0.25, -0.2) is 4.98 Å². The van der Waals surface area contributed by atoms with Gasteiger partial charge in [-0.15, -0.1) is 11.3 Å². The van der Waals surface area contributed by atoms with Gasteiger partial charge in [-0.1, -0.05) is 6.92 Å². The molecule has 1 heterocycles. The van der Waals surface area contributed by atoms with Crippen LogP contribution in [-0.2, 0) is 0 Å². The molecule has 1 unspecified atom stereocenters. The fraction of sp³-hybridized carbons (Fsp3) is 0.556. The molecule has 1 rings (SSSR count).